The maximum atomic E-state index is 10.7. The van der Waals surface area contributed by atoms with Gasteiger partial charge in [-0.15, -0.1) is 11.3 Å². The van der Waals surface area contributed by atoms with Crippen molar-refractivity contribution in [1.82, 2.24) is 14.7 Å². The van der Waals surface area contributed by atoms with Crippen molar-refractivity contribution in [3.8, 4) is 22.6 Å². The lowest BCUT2D eigenvalue weighted by Crippen LogP contribution is -2.25. The fraction of sp³-hybridized carbons (Fsp3) is 0.227. The van der Waals surface area contributed by atoms with Crippen LogP contribution in [0.25, 0.3) is 21.2 Å². The minimum absolute atomic E-state index is 0.214. The second-order valence-corrected chi connectivity index (χ2v) is 8.12. The molecule has 2 aromatic heterocycles. The van der Waals surface area contributed by atoms with E-state index in [2.05, 4.69) is 45.7 Å². The Morgan fingerprint density at radius 1 is 1.25 bits per heavy atom. The van der Waals surface area contributed by atoms with E-state index in [1.54, 1.807) is 11.3 Å². The van der Waals surface area contributed by atoms with E-state index in [-0.39, 0.29) is 5.75 Å². The van der Waals surface area contributed by atoms with E-state index in [0.29, 0.717) is 12.4 Å². The third-order valence-corrected chi connectivity index (χ3v) is 6.11. The minimum Gasteiger partial charge on any atom is -0.504 e. The molecular formula is C22H21N3O2S. The summed E-state index contributed by atoms with van der Waals surface area (Å²) in [5, 5.41) is 18.3. The second-order valence-electron chi connectivity index (χ2n) is 7.21. The number of hydrogen-bond acceptors (Lipinski definition) is 5. The number of aromatic hydroxyl groups is 1. The zero-order valence-electron chi connectivity index (χ0n) is 15.6. The molecule has 0 radical (unpaired) electrons. The Kier molecular flexibility index (Phi) is 4.30. The van der Waals surface area contributed by atoms with Crippen LogP contribution in [0.3, 0.4) is 0 Å². The lowest BCUT2D eigenvalue weighted by Gasteiger charge is -2.18. The molecule has 0 saturated heterocycles. The summed E-state index contributed by atoms with van der Waals surface area (Å²) < 4.78 is 8.98. The van der Waals surface area contributed by atoms with Gasteiger partial charge in [0.15, 0.2) is 11.5 Å². The summed E-state index contributed by atoms with van der Waals surface area (Å²) in [7, 11) is 1.93. The summed E-state index contributed by atoms with van der Waals surface area (Å²) in [6, 6.07) is 12.4. The Morgan fingerprint density at radius 2 is 2.14 bits per heavy atom. The van der Waals surface area contributed by atoms with E-state index >= 15 is 0 Å². The van der Waals surface area contributed by atoms with Gasteiger partial charge in [-0.2, -0.15) is 5.10 Å². The SMILES string of the molecule is Cn1cc(CN2CCOc3c(O)cc(-c4csc5ccccc45)cc3C2)cn1. The highest BCUT2D eigenvalue weighted by atomic mass is 32.1. The third kappa shape index (κ3) is 3.15. The lowest BCUT2D eigenvalue weighted by atomic mass is 10.0. The van der Waals surface area contributed by atoms with Crippen molar-refractivity contribution in [2.24, 2.45) is 7.05 Å². The van der Waals surface area contributed by atoms with Gasteiger partial charge in [0.05, 0.1) is 6.20 Å². The number of hydrogen-bond donors (Lipinski definition) is 1. The van der Waals surface area contributed by atoms with Crippen molar-refractivity contribution < 1.29 is 9.84 Å². The molecule has 0 aliphatic carbocycles. The van der Waals surface area contributed by atoms with Gasteiger partial charge in [-0.3, -0.25) is 9.58 Å². The van der Waals surface area contributed by atoms with Crippen molar-refractivity contribution in [3.63, 3.8) is 0 Å². The highest BCUT2D eigenvalue weighted by Crippen LogP contribution is 2.41. The molecule has 1 N–H and O–H groups in total. The van der Waals surface area contributed by atoms with Crippen LogP contribution in [0, 0.1) is 0 Å². The van der Waals surface area contributed by atoms with Gasteiger partial charge in [0.25, 0.3) is 0 Å². The standard InChI is InChI=1S/C22H21N3O2S/c1-24-11-15(10-23-24)12-25-6-7-27-22-17(13-25)8-16(9-20(22)26)19-14-28-21-5-3-2-4-18(19)21/h2-5,8-11,14,26H,6-7,12-13H2,1H3. The van der Waals surface area contributed by atoms with E-state index in [0.717, 1.165) is 36.3 Å². The molecule has 1 aliphatic rings. The van der Waals surface area contributed by atoms with Crippen LogP contribution in [-0.4, -0.2) is 32.9 Å². The van der Waals surface area contributed by atoms with Gasteiger partial charge in [0.1, 0.15) is 6.61 Å². The molecule has 0 unspecified atom stereocenters. The summed E-state index contributed by atoms with van der Waals surface area (Å²) >= 11 is 1.73. The quantitative estimate of drug-likeness (QED) is 0.562. The van der Waals surface area contributed by atoms with Gasteiger partial charge in [-0.05, 0) is 29.1 Å². The monoisotopic (exact) mass is 391 g/mol. The first-order chi connectivity index (χ1) is 13.7. The average molecular weight is 391 g/mol. The van der Waals surface area contributed by atoms with Crippen LogP contribution in [0.2, 0.25) is 0 Å². The lowest BCUT2D eigenvalue weighted by molar-refractivity contribution is 0.217. The Morgan fingerprint density at radius 3 is 3.00 bits per heavy atom. The number of phenolic OH excluding ortho intramolecular Hbond substituents is 1. The highest BCUT2D eigenvalue weighted by molar-refractivity contribution is 7.17. The van der Waals surface area contributed by atoms with Crippen LogP contribution in [-0.2, 0) is 20.1 Å². The molecule has 5 rings (SSSR count). The van der Waals surface area contributed by atoms with Crippen LogP contribution in [0.4, 0.5) is 0 Å². The fourth-order valence-electron chi connectivity index (χ4n) is 3.86. The van der Waals surface area contributed by atoms with E-state index in [9.17, 15) is 5.11 Å². The molecule has 0 spiro atoms. The summed E-state index contributed by atoms with van der Waals surface area (Å²) in [6.45, 7) is 2.90. The molecule has 3 heterocycles. The van der Waals surface area contributed by atoms with E-state index in [1.807, 2.05) is 30.2 Å². The molecule has 2 aromatic carbocycles. The zero-order chi connectivity index (χ0) is 19.1. The first kappa shape index (κ1) is 17.3. The average Bonchev–Trinajstić information content (AvgIpc) is 3.23. The molecule has 0 fully saturated rings. The number of phenols is 1. The number of benzene rings is 2. The highest BCUT2D eigenvalue weighted by Gasteiger charge is 2.21. The van der Waals surface area contributed by atoms with Crippen molar-refractivity contribution in [2.45, 2.75) is 13.1 Å². The van der Waals surface area contributed by atoms with Crippen LogP contribution in [0.5, 0.6) is 11.5 Å². The second kappa shape index (κ2) is 6.96. The number of aryl methyl sites for hydroxylation is 1. The molecule has 5 nitrogen and oxygen atoms in total. The predicted molar refractivity (Wildman–Crippen MR) is 112 cm³/mol. The first-order valence-corrected chi connectivity index (χ1v) is 10.2. The summed E-state index contributed by atoms with van der Waals surface area (Å²) in [4.78, 5) is 2.33. The van der Waals surface area contributed by atoms with Crippen molar-refractivity contribution in [1.29, 1.82) is 0 Å². The molecule has 6 heteroatoms. The van der Waals surface area contributed by atoms with E-state index in [4.69, 9.17) is 4.74 Å². The number of thiophene rings is 1. The Balaban J connectivity index is 1.51. The van der Waals surface area contributed by atoms with Crippen LogP contribution in [0.15, 0.2) is 54.2 Å². The molecule has 1 aliphatic heterocycles. The summed E-state index contributed by atoms with van der Waals surface area (Å²) in [5.41, 5.74) is 4.38. The predicted octanol–water partition coefficient (Wildman–Crippen LogP) is 4.40. The van der Waals surface area contributed by atoms with Crippen molar-refractivity contribution in [3.05, 3.63) is 65.3 Å². The molecule has 0 bridgehead atoms. The van der Waals surface area contributed by atoms with E-state index < -0.39 is 0 Å². The molecule has 0 atom stereocenters. The molecular weight excluding hydrogens is 370 g/mol. The largest absolute Gasteiger partial charge is 0.504 e. The Labute approximate surface area is 167 Å². The first-order valence-electron chi connectivity index (χ1n) is 9.32. The number of ether oxygens (including phenoxy) is 1. The fourth-order valence-corrected chi connectivity index (χ4v) is 4.83. The summed E-state index contributed by atoms with van der Waals surface area (Å²) in [6.07, 6.45) is 3.94. The molecule has 142 valence electrons. The third-order valence-electron chi connectivity index (χ3n) is 5.15. The molecule has 0 saturated carbocycles. The normalized spacial score (nSPS) is 14.6. The minimum atomic E-state index is 0.214. The van der Waals surface area contributed by atoms with Crippen molar-refractivity contribution in [2.75, 3.05) is 13.2 Å². The topological polar surface area (TPSA) is 50.5 Å². The van der Waals surface area contributed by atoms with Crippen LogP contribution < -0.4 is 4.74 Å². The number of nitrogens with zero attached hydrogens (tertiary/aromatic N) is 3. The Bertz CT molecular complexity index is 1150. The van der Waals surface area contributed by atoms with Crippen LogP contribution in [0.1, 0.15) is 11.1 Å². The van der Waals surface area contributed by atoms with Gasteiger partial charge < -0.3 is 9.84 Å². The van der Waals surface area contributed by atoms with E-state index in [1.165, 1.54) is 15.6 Å². The summed E-state index contributed by atoms with van der Waals surface area (Å²) in [5.74, 6) is 0.822. The van der Waals surface area contributed by atoms with Gasteiger partial charge in [0, 0.05) is 59.7 Å². The number of fused-ring (bicyclic) bond motifs is 2. The maximum absolute atomic E-state index is 10.7. The van der Waals surface area contributed by atoms with Gasteiger partial charge in [-0.1, -0.05) is 18.2 Å². The van der Waals surface area contributed by atoms with Gasteiger partial charge in [0.2, 0.25) is 0 Å². The number of rotatable bonds is 3. The molecule has 4 aromatic rings. The smallest absolute Gasteiger partial charge is 0.165 e. The molecule has 0 amide bonds. The maximum Gasteiger partial charge on any atom is 0.165 e. The van der Waals surface area contributed by atoms with Crippen molar-refractivity contribution >= 4 is 21.4 Å². The zero-order valence-corrected chi connectivity index (χ0v) is 16.4. The molecule has 28 heavy (non-hydrogen) atoms. The van der Waals surface area contributed by atoms with Gasteiger partial charge >= 0.3 is 0 Å². The van der Waals surface area contributed by atoms with Gasteiger partial charge in [-0.25, -0.2) is 0 Å². The van der Waals surface area contributed by atoms with Crippen LogP contribution >= 0.6 is 11.3 Å². The number of aromatic nitrogens is 2. The Hall–Kier alpha value is -2.83.